The van der Waals surface area contributed by atoms with Crippen molar-refractivity contribution in [1.29, 1.82) is 0 Å². The highest BCUT2D eigenvalue weighted by Gasteiger charge is 2.33. The first-order chi connectivity index (χ1) is 8.58. The van der Waals surface area contributed by atoms with E-state index in [1.807, 2.05) is 12.1 Å². The van der Waals surface area contributed by atoms with Gasteiger partial charge in [0.2, 0.25) is 6.10 Å². The Hall–Kier alpha value is -1.75. The maximum absolute atomic E-state index is 11.9. The second-order valence-corrected chi connectivity index (χ2v) is 4.40. The molecule has 1 amide bonds. The molecule has 98 valence electrons. The van der Waals surface area contributed by atoms with Gasteiger partial charge in [0.05, 0.1) is 6.10 Å². The van der Waals surface area contributed by atoms with Crippen molar-refractivity contribution in [3.05, 3.63) is 24.3 Å². The zero-order chi connectivity index (χ0) is 13.1. The number of carbonyl (C=O) groups excluding carboxylic acids is 1. The van der Waals surface area contributed by atoms with Gasteiger partial charge in [-0.2, -0.15) is 0 Å². The van der Waals surface area contributed by atoms with Crippen LogP contribution in [0.1, 0.15) is 13.8 Å². The number of nitrogens with one attached hydrogen (secondary N) is 1. The number of aliphatic hydroxyl groups is 1. The van der Waals surface area contributed by atoms with E-state index < -0.39 is 12.2 Å². The van der Waals surface area contributed by atoms with Crippen LogP contribution < -0.4 is 14.8 Å². The molecule has 0 aliphatic carbocycles. The molecule has 1 aromatic carbocycles. The number of ether oxygens (including phenoxy) is 2. The molecule has 1 aromatic rings. The number of hydrogen-bond acceptors (Lipinski definition) is 4. The molecular weight excluding hydrogens is 234 g/mol. The third-order valence-corrected chi connectivity index (χ3v) is 2.67. The van der Waals surface area contributed by atoms with E-state index in [0.717, 1.165) is 0 Å². The summed E-state index contributed by atoms with van der Waals surface area (Å²) in [4.78, 5) is 11.9. The minimum atomic E-state index is -0.696. The number of para-hydroxylation sites is 2. The molecule has 1 aliphatic heterocycles. The van der Waals surface area contributed by atoms with Gasteiger partial charge >= 0.3 is 0 Å². The van der Waals surface area contributed by atoms with Gasteiger partial charge in [0.1, 0.15) is 6.10 Å². The molecule has 0 bridgehead atoms. The topological polar surface area (TPSA) is 67.8 Å². The van der Waals surface area contributed by atoms with Crippen molar-refractivity contribution in [2.75, 3.05) is 6.54 Å². The Kier molecular flexibility index (Phi) is 3.72. The Bertz CT molecular complexity index is 433. The van der Waals surface area contributed by atoms with Gasteiger partial charge in [0, 0.05) is 6.54 Å². The summed E-state index contributed by atoms with van der Waals surface area (Å²) in [5.74, 6) is 0.926. The number of hydrogen-bond donors (Lipinski definition) is 2. The average molecular weight is 251 g/mol. The molecule has 18 heavy (non-hydrogen) atoms. The maximum atomic E-state index is 11.9. The van der Waals surface area contributed by atoms with Crippen LogP contribution in [0.2, 0.25) is 0 Å². The molecule has 0 spiro atoms. The van der Waals surface area contributed by atoms with Crippen LogP contribution in [0.25, 0.3) is 0 Å². The SMILES string of the molecule is CC1Oc2ccccc2OC1C(=O)NC[C@H](C)O. The molecule has 3 atom stereocenters. The van der Waals surface area contributed by atoms with Crippen molar-refractivity contribution >= 4 is 5.91 Å². The first-order valence-electron chi connectivity index (χ1n) is 5.96. The molecule has 0 saturated heterocycles. The van der Waals surface area contributed by atoms with Crippen molar-refractivity contribution < 1.29 is 19.4 Å². The first-order valence-corrected chi connectivity index (χ1v) is 5.96. The zero-order valence-electron chi connectivity index (χ0n) is 10.4. The van der Waals surface area contributed by atoms with Crippen molar-refractivity contribution in [3.8, 4) is 11.5 Å². The minimum Gasteiger partial charge on any atom is -0.482 e. The molecule has 0 fully saturated rings. The quantitative estimate of drug-likeness (QED) is 0.830. The molecule has 1 aliphatic rings. The summed E-state index contributed by atoms with van der Waals surface area (Å²) >= 11 is 0. The van der Waals surface area contributed by atoms with Crippen LogP contribution >= 0.6 is 0 Å². The van der Waals surface area contributed by atoms with E-state index in [1.165, 1.54) is 0 Å². The Morgan fingerprint density at radius 1 is 1.39 bits per heavy atom. The summed E-state index contributed by atoms with van der Waals surface area (Å²) in [5.41, 5.74) is 0. The Morgan fingerprint density at radius 2 is 2.00 bits per heavy atom. The molecule has 1 heterocycles. The number of fused-ring (bicyclic) bond motifs is 1. The Morgan fingerprint density at radius 3 is 2.61 bits per heavy atom. The lowest BCUT2D eigenvalue weighted by molar-refractivity contribution is -0.133. The fourth-order valence-electron chi connectivity index (χ4n) is 1.76. The van der Waals surface area contributed by atoms with Crippen LogP contribution in [0.15, 0.2) is 24.3 Å². The van der Waals surface area contributed by atoms with E-state index in [9.17, 15) is 4.79 Å². The molecule has 5 heteroatoms. The predicted octanol–water partition coefficient (Wildman–Crippen LogP) is 0.712. The third-order valence-electron chi connectivity index (χ3n) is 2.67. The van der Waals surface area contributed by atoms with Crippen molar-refractivity contribution in [2.45, 2.75) is 32.2 Å². The second kappa shape index (κ2) is 5.27. The van der Waals surface area contributed by atoms with Crippen LogP contribution in [-0.4, -0.2) is 35.9 Å². The number of rotatable bonds is 3. The van der Waals surface area contributed by atoms with Crippen LogP contribution in [0.3, 0.4) is 0 Å². The van der Waals surface area contributed by atoms with Gasteiger partial charge < -0.3 is 19.9 Å². The molecule has 0 aromatic heterocycles. The molecular formula is C13H17NO4. The highest BCUT2D eigenvalue weighted by molar-refractivity contribution is 5.82. The molecule has 2 unspecified atom stereocenters. The monoisotopic (exact) mass is 251 g/mol. The van der Waals surface area contributed by atoms with E-state index in [0.29, 0.717) is 11.5 Å². The summed E-state index contributed by atoms with van der Waals surface area (Å²) in [6, 6.07) is 7.23. The standard InChI is InChI=1S/C13H17NO4/c1-8(15)7-14-13(16)12-9(2)17-10-5-3-4-6-11(10)18-12/h3-6,8-9,12,15H,7H2,1-2H3,(H,14,16)/t8-,9?,12?/m0/s1. The van der Waals surface area contributed by atoms with E-state index in [2.05, 4.69) is 5.32 Å². The van der Waals surface area contributed by atoms with Gasteiger partial charge in [0.15, 0.2) is 11.5 Å². The van der Waals surface area contributed by atoms with Crippen LogP contribution in [-0.2, 0) is 4.79 Å². The smallest absolute Gasteiger partial charge is 0.265 e. The van der Waals surface area contributed by atoms with Gasteiger partial charge in [-0.15, -0.1) is 0 Å². The normalized spacial score (nSPS) is 23.3. The van der Waals surface area contributed by atoms with Crippen molar-refractivity contribution in [3.63, 3.8) is 0 Å². The van der Waals surface area contributed by atoms with Crippen LogP contribution in [0, 0.1) is 0 Å². The molecule has 0 saturated carbocycles. The van der Waals surface area contributed by atoms with Crippen molar-refractivity contribution in [1.82, 2.24) is 5.32 Å². The largest absolute Gasteiger partial charge is 0.482 e. The van der Waals surface area contributed by atoms with Gasteiger partial charge in [-0.25, -0.2) is 0 Å². The predicted molar refractivity (Wildman–Crippen MR) is 65.6 cm³/mol. The summed E-state index contributed by atoms with van der Waals surface area (Å²) in [5, 5.41) is 11.8. The lowest BCUT2D eigenvalue weighted by Gasteiger charge is -2.31. The number of benzene rings is 1. The molecule has 2 rings (SSSR count). The summed E-state index contributed by atoms with van der Waals surface area (Å²) in [6.45, 7) is 3.59. The Balaban J connectivity index is 2.05. The van der Waals surface area contributed by atoms with E-state index in [-0.39, 0.29) is 18.6 Å². The van der Waals surface area contributed by atoms with Gasteiger partial charge in [-0.1, -0.05) is 12.1 Å². The van der Waals surface area contributed by atoms with Crippen LogP contribution in [0.5, 0.6) is 11.5 Å². The minimum absolute atomic E-state index is 0.201. The second-order valence-electron chi connectivity index (χ2n) is 4.40. The van der Waals surface area contributed by atoms with Gasteiger partial charge in [0.25, 0.3) is 5.91 Å². The maximum Gasteiger partial charge on any atom is 0.265 e. The lowest BCUT2D eigenvalue weighted by Crippen LogP contribution is -2.50. The number of aliphatic hydroxyl groups excluding tert-OH is 1. The third kappa shape index (κ3) is 2.73. The zero-order valence-corrected chi connectivity index (χ0v) is 10.4. The van der Waals surface area contributed by atoms with E-state index >= 15 is 0 Å². The van der Waals surface area contributed by atoms with Crippen LogP contribution in [0.4, 0.5) is 0 Å². The highest BCUT2D eigenvalue weighted by atomic mass is 16.6. The van der Waals surface area contributed by atoms with E-state index in [1.54, 1.807) is 26.0 Å². The average Bonchev–Trinajstić information content (AvgIpc) is 2.35. The summed E-state index contributed by atoms with van der Waals surface area (Å²) in [6.07, 6.45) is -1.64. The fraction of sp³-hybridized carbons (Fsp3) is 0.462. The molecule has 5 nitrogen and oxygen atoms in total. The van der Waals surface area contributed by atoms with E-state index in [4.69, 9.17) is 14.6 Å². The van der Waals surface area contributed by atoms with Gasteiger partial charge in [-0.05, 0) is 26.0 Å². The van der Waals surface area contributed by atoms with Gasteiger partial charge in [-0.3, -0.25) is 4.79 Å². The summed E-state index contributed by atoms with van der Waals surface area (Å²) < 4.78 is 11.2. The van der Waals surface area contributed by atoms with Crippen molar-refractivity contribution in [2.24, 2.45) is 0 Å². The fourth-order valence-corrected chi connectivity index (χ4v) is 1.76. The molecule has 0 radical (unpaired) electrons. The number of carbonyl (C=O) groups is 1. The highest BCUT2D eigenvalue weighted by Crippen LogP contribution is 2.33. The Labute approximate surface area is 106 Å². The first kappa shape index (κ1) is 12.7. The summed E-state index contributed by atoms with van der Waals surface area (Å²) in [7, 11) is 0. The lowest BCUT2D eigenvalue weighted by atomic mass is 10.1. The molecule has 2 N–H and O–H groups in total. The number of amides is 1.